The van der Waals surface area contributed by atoms with E-state index in [4.69, 9.17) is 0 Å². The van der Waals surface area contributed by atoms with E-state index < -0.39 is 0 Å². The fourth-order valence-corrected chi connectivity index (χ4v) is 2.49. The Morgan fingerprint density at radius 1 is 1.22 bits per heavy atom. The third kappa shape index (κ3) is 5.49. The van der Waals surface area contributed by atoms with Crippen molar-refractivity contribution in [1.82, 2.24) is 5.32 Å². The molecule has 1 atom stereocenters. The summed E-state index contributed by atoms with van der Waals surface area (Å²) >= 11 is 3.22. The molecule has 1 rings (SSSR count). The Kier molecular flexibility index (Phi) is 7.52. The van der Waals surface area contributed by atoms with Gasteiger partial charge in [0, 0.05) is 12.6 Å². The molecule has 1 N–H and O–H groups in total. The molecule has 0 heterocycles. The van der Waals surface area contributed by atoms with E-state index in [0.29, 0.717) is 10.5 Å². The number of halogens is 2. The standard InChI is InChI=1S/C15H23BrFN/c1-3-5-7-13(6-4-2)18-11-12-8-9-15(17)14(16)10-12/h8-10,13,18H,3-7,11H2,1-2H3. The highest BCUT2D eigenvalue weighted by molar-refractivity contribution is 9.10. The molecule has 0 spiro atoms. The molecule has 0 aliphatic heterocycles. The molecule has 0 aliphatic carbocycles. The maximum absolute atomic E-state index is 13.1. The van der Waals surface area contributed by atoms with Gasteiger partial charge in [0.1, 0.15) is 5.82 Å². The lowest BCUT2D eigenvalue weighted by Crippen LogP contribution is -2.28. The molecule has 1 aromatic rings. The van der Waals surface area contributed by atoms with Crippen LogP contribution >= 0.6 is 15.9 Å². The van der Waals surface area contributed by atoms with E-state index in [0.717, 1.165) is 12.1 Å². The Morgan fingerprint density at radius 3 is 2.61 bits per heavy atom. The molecule has 1 unspecified atom stereocenters. The number of hydrogen-bond acceptors (Lipinski definition) is 1. The molecule has 0 amide bonds. The van der Waals surface area contributed by atoms with Gasteiger partial charge in [-0.1, -0.05) is 39.2 Å². The molecule has 0 saturated carbocycles. The fourth-order valence-electron chi connectivity index (χ4n) is 2.06. The van der Waals surface area contributed by atoms with Crippen LogP contribution < -0.4 is 5.32 Å². The quantitative estimate of drug-likeness (QED) is 0.709. The lowest BCUT2D eigenvalue weighted by Gasteiger charge is -2.18. The van der Waals surface area contributed by atoms with Gasteiger partial charge < -0.3 is 5.32 Å². The molecule has 0 bridgehead atoms. The van der Waals surface area contributed by atoms with Gasteiger partial charge in [0.2, 0.25) is 0 Å². The van der Waals surface area contributed by atoms with E-state index in [9.17, 15) is 4.39 Å². The summed E-state index contributed by atoms with van der Waals surface area (Å²) in [6.07, 6.45) is 6.15. The van der Waals surface area contributed by atoms with Gasteiger partial charge >= 0.3 is 0 Å². The second-order valence-corrected chi connectivity index (χ2v) is 5.61. The lowest BCUT2D eigenvalue weighted by molar-refractivity contribution is 0.434. The summed E-state index contributed by atoms with van der Waals surface area (Å²) in [6.45, 7) is 5.25. The Labute approximate surface area is 118 Å². The maximum atomic E-state index is 13.1. The first-order valence-corrected chi connectivity index (χ1v) is 7.64. The predicted octanol–water partition coefficient (Wildman–Crippen LogP) is 5.04. The smallest absolute Gasteiger partial charge is 0.137 e. The SMILES string of the molecule is CCCCC(CCC)NCc1ccc(F)c(Br)c1. The van der Waals surface area contributed by atoms with Crippen molar-refractivity contribution < 1.29 is 4.39 Å². The summed E-state index contributed by atoms with van der Waals surface area (Å²) in [6, 6.07) is 5.79. The number of hydrogen-bond donors (Lipinski definition) is 1. The second kappa shape index (κ2) is 8.65. The van der Waals surface area contributed by atoms with Gasteiger partial charge in [-0.2, -0.15) is 0 Å². The Balaban J connectivity index is 2.47. The molecule has 0 fully saturated rings. The molecule has 0 aliphatic rings. The van der Waals surface area contributed by atoms with Crippen LogP contribution in [0.2, 0.25) is 0 Å². The van der Waals surface area contributed by atoms with Crippen LogP contribution in [0.1, 0.15) is 51.5 Å². The minimum absolute atomic E-state index is 0.199. The van der Waals surface area contributed by atoms with Crippen LogP contribution in [0.4, 0.5) is 4.39 Å². The van der Waals surface area contributed by atoms with Crippen molar-refractivity contribution in [3.63, 3.8) is 0 Å². The average Bonchev–Trinajstić information content (AvgIpc) is 2.37. The van der Waals surface area contributed by atoms with Gasteiger partial charge in [0.25, 0.3) is 0 Å². The molecule has 0 aromatic heterocycles. The van der Waals surface area contributed by atoms with Crippen LogP contribution in [-0.4, -0.2) is 6.04 Å². The molecule has 102 valence electrons. The van der Waals surface area contributed by atoms with Crippen molar-refractivity contribution in [2.24, 2.45) is 0 Å². The average molecular weight is 316 g/mol. The van der Waals surface area contributed by atoms with E-state index in [1.165, 1.54) is 38.2 Å². The zero-order valence-electron chi connectivity index (χ0n) is 11.3. The zero-order valence-corrected chi connectivity index (χ0v) is 12.9. The highest BCUT2D eigenvalue weighted by Gasteiger charge is 2.07. The number of nitrogens with one attached hydrogen (secondary N) is 1. The summed E-state index contributed by atoms with van der Waals surface area (Å²) < 4.78 is 13.7. The lowest BCUT2D eigenvalue weighted by atomic mass is 10.0. The minimum Gasteiger partial charge on any atom is -0.310 e. The highest BCUT2D eigenvalue weighted by atomic mass is 79.9. The van der Waals surface area contributed by atoms with Gasteiger partial charge in [-0.25, -0.2) is 4.39 Å². The Bertz CT molecular complexity index is 354. The Hall–Kier alpha value is -0.410. The summed E-state index contributed by atoms with van der Waals surface area (Å²) in [5.41, 5.74) is 1.13. The Morgan fingerprint density at radius 2 is 2.00 bits per heavy atom. The van der Waals surface area contributed by atoms with Crippen molar-refractivity contribution >= 4 is 15.9 Å². The van der Waals surface area contributed by atoms with Crippen molar-refractivity contribution in [3.8, 4) is 0 Å². The molecule has 0 radical (unpaired) electrons. The third-order valence-corrected chi connectivity index (χ3v) is 3.73. The summed E-state index contributed by atoms with van der Waals surface area (Å²) in [7, 11) is 0. The normalized spacial score (nSPS) is 12.7. The van der Waals surface area contributed by atoms with Crippen LogP contribution in [0.25, 0.3) is 0 Å². The molecule has 1 aromatic carbocycles. The summed E-state index contributed by atoms with van der Waals surface area (Å²) in [4.78, 5) is 0. The molecule has 18 heavy (non-hydrogen) atoms. The van der Waals surface area contributed by atoms with Crippen molar-refractivity contribution in [1.29, 1.82) is 0 Å². The van der Waals surface area contributed by atoms with Crippen LogP contribution in [-0.2, 0) is 6.54 Å². The van der Waals surface area contributed by atoms with E-state index >= 15 is 0 Å². The topological polar surface area (TPSA) is 12.0 Å². The van der Waals surface area contributed by atoms with E-state index in [-0.39, 0.29) is 5.82 Å². The van der Waals surface area contributed by atoms with Crippen LogP contribution in [0, 0.1) is 5.82 Å². The molecular formula is C15H23BrFN. The predicted molar refractivity (Wildman–Crippen MR) is 79.2 cm³/mol. The van der Waals surface area contributed by atoms with Gasteiger partial charge in [-0.05, 0) is 46.5 Å². The van der Waals surface area contributed by atoms with Crippen molar-refractivity contribution in [2.75, 3.05) is 0 Å². The van der Waals surface area contributed by atoms with Gasteiger partial charge in [0.05, 0.1) is 4.47 Å². The summed E-state index contributed by atoms with van der Waals surface area (Å²) in [5.74, 6) is -0.199. The van der Waals surface area contributed by atoms with Crippen LogP contribution in [0.15, 0.2) is 22.7 Å². The first-order chi connectivity index (χ1) is 8.67. The van der Waals surface area contributed by atoms with E-state index in [1.54, 1.807) is 0 Å². The fraction of sp³-hybridized carbons (Fsp3) is 0.600. The van der Waals surface area contributed by atoms with Crippen molar-refractivity contribution in [3.05, 3.63) is 34.1 Å². The van der Waals surface area contributed by atoms with Gasteiger partial charge in [0.15, 0.2) is 0 Å². The van der Waals surface area contributed by atoms with Gasteiger partial charge in [-0.15, -0.1) is 0 Å². The highest BCUT2D eigenvalue weighted by Crippen LogP contribution is 2.17. The monoisotopic (exact) mass is 315 g/mol. The number of rotatable bonds is 8. The molecule has 3 heteroatoms. The molecule has 0 saturated heterocycles. The van der Waals surface area contributed by atoms with Crippen LogP contribution in [0.3, 0.4) is 0 Å². The van der Waals surface area contributed by atoms with Crippen molar-refractivity contribution in [2.45, 2.75) is 58.5 Å². The molecular weight excluding hydrogens is 293 g/mol. The first kappa shape index (κ1) is 15.6. The summed E-state index contributed by atoms with van der Waals surface area (Å²) in [5, 5.41) is 3.58. The first-order valence-electron chi connectivity index (χ1n) is 6.84. The van der Waals surface area contributed by atoms with E-state index in [1.807, 2.05) is 12.1 Å². The van der Waals surface area contributed by atoms with Crippen LogP contribution in [0.5, 0.6) is 0 Å². The van der Waals surface area contributed by atoms with Gasteiger partial charge in [-0.3, -0.25) is 0 Å². The van der Waals surface area contributed by atoms with E-state index in [2.05, 4.69) is 35.1 Å². The third-order valence-electron chi connectivity index (χ3n) is 3.12. The largest absolute Gasteiger partial charge is 0.310 e. The second-order valence-electron chi connectivity index (χ2n) is 4.76. The maximum Gasteiger partial charge on any atom is 0.137 e. The minimum atomic E-state index is -0.199. The zero-order chi connectivity index (χ0) is 13.4. The number of unbranched alkanes of at least 4 members (excludes halogenated alkanes) is 1. The number of benzene rings is 1. The molecule has 1 nitrogen and oxygen atoms in total.